The molecule has 3 rings (SSSR count). The van der Waals surface area contributed by atoms with Crippen LogP contribution in [0.5, 0.6) is 5.88 Å². The number of hydrogen-bond acceptors (Lipinski definition) is 3. The number of aromatic nitrogens is 3. The number of aryl methyl sites for hydroxylation is 1. The zero-order valence-corrected chi connectivity index (χ0v) is 12.4. The normalized spacial score (nSPS) is 10.6. The minimum Gasteiger partial charge on any atom is -0.481 e. The van der Waals surface area contributed by atoms with Crippen LogP contribution in [0.4, 0.5) is 0 Å². The molecule has 1 aromatic carbocycles. The van der Waals surface area contributed by atoms with Crippen molar-refractivity contribution in [3.8, 4) is 22.7 Å². The van der Waals surface area contributed by atoms with E-state index in [1.165, 1.54) is 5.56 Å². The Hall–Kier alpha value is -2.62. The number of ether oxygens (including phenoxy) is 1. The second-order valence-electron chi connectivity index (χ2n) is 4.97. The van der Waals surface area contributed by atoms with Gasteiger partial charge in [-0.15, -0.1) is 0 Å². The van der Waals surface area contributed by atoms with Crippen molar-refractivity contribution in [1.82, 2.24) is 14.8 Å². The summed E-state index contributed by atoms with van der Waals surface area (Å²) in [5.74, 6) is 0.622. The fraction of sp³-hybridized carbons (Fsp3) is 0.176. The second-order valence-corrected chi connectivity index (χ2v) is 4.97. The molecule has 0 N–H and O–H groups in total. The molecule has 2 heterocycles. The van der Waals surface area contributed by atoms with Gasteiger partial charge in [-0.25, -0.2) is 9.67 Å². The lowest BCUT2D eigenvalue weighted by molar-refractivity contribution is 0.394. The van der Waals surface area contributed by atoms with Crippen LogP contribution < -0.4 is 4.74 Å². The number of pyridine rings is 1. The van der Waals surface area contributed by atoms with Gasteiger partial charge in [0, 0.05) is 29.7 Å². The van der Waals surface area contributed by atoms with E-state index in [0.717, 1.165) is 22.4 Å². The van der Waals surface area contributed by atoms with Crippen LogP contribution >= 0.6 is 0 Å². The minimum atomic E-state index is 0.622. The fourth-order valence-corrected chi connectivity index (χ4v) is 2.43. The third-order valence-electron chi connectivity index (χ3n) is 3.53. The lowest BCUT2D eigenvalue weighted by atomic mass is 10.0. The summed E-state index contributed by atoms with van der Waals surface area (Å²) in [6.07, 6.45) is 5.54. The van der Waals surface area contributed by atoms with E-state index in [1.54, 1.807) is 13.3 Å². The summed E-state index contributed by atoms with van der Waals surface area (Å²) < 4.78 is 7.20. The maximum absolute atomic E-state index is 5.34. The first kappa shape index (κ1) is 13.4. The van der Waals surface area contributed by atoms with E-state index in [9.17, 15) is 0 Å². The molecule has 0 fully saturated rings. The van der Waals surface area contributed by atoms with Crippen molar-refractivity contribution in [2.75, 3.05) is 7.11 Å². The largest absolute Gasteiger partial charge is 0.481 e. The Morgan fingerprint density at radius 2 is 1.86 bits per heavy atom. The van der Waals surface area contributed by atoms with Crippen molar-refractivity contribution in [2.24, 2.45) is 0 Å². The van der Waals surface area contributed by atoms with Crippen LogP contribution in [-0.2, 0) is 0 Å². The van der Waals surface area contributed by atoms with Gasteiger partial charge in [-0.05, 0) is 25.5 Å². The third kappa shape index (κ3) is 2.40. The molecule has 4 heteroatoms. The Morgan fingerprint density at radius 1 is 1.10 bits per heavy atom. The molecule has 4 nitrogen and oxygen atoms in total. The van der Waals surface area contributed by atoms with Crippen molar-refractivity contribution >= 4 is 0 Å². The van der Waals surface area contributed by atoms with Crippen molar-refractivity contribution in [3.63, 3.8) is 0 Å². The lowest BCUT2D eigenvalue weighted by Gasteiger charge is -2.15. The van der Waals surface area contributed by atoms with Crippen LogP contribution in [0.1, 0.15) is 11.1 Å². The summed E-state index contributed by atoms with van der Waals surface area (Å²) in [5, 5.41) is 4.36. The van der Waals surface area contributed by atoms with Crippen molar-refractivity contribution in [2.45, 2.75) is 13.8 Å². The molecule has 0 saturated carbocycles. The highest BCUT2D eigenvalue weighted by Gasteiger charge is 2.15. The molecule has 0 radical (unpaired) electrons. The van der Waals surface area contributed by atoms with Gasteiger partial charge in [0.05, 0.1) is 12.8 Å². The van der Waals surface area contributed by atoms with E-state index in [-0.39, 0.29) is 0 Å². The summed E-state index contributed by atoms with van der Waals surface area (Å²) in [7, 11) is 1.63. The summed E-state index contributed by atoms with van der Waals surface area (Å²) >= 11 is 0. The average Bonchev–Trinajstić information content (AvgIpc) is 3.01. The molecule has 0 aliphatic rings. The van der Waals surface area contributed by atoms with Gasteiger partial charge in [-0.2, -0.15) is 5.10 Å². The molecular weight excluding hydrogens is 262 g/mol. The summed E-state index contributed by atoms with van der Waals surface area (Å²) in [6.45, 7) is 4.08. The van der Waals surface area contributed by atoms with Gasteiger partial charge in [0.1, 0.15) is 0 Å². The van der Waals surface area contributed by atoms with Crippen LogP contribution in [0.3, 0.4) is 0 Å². The van der Waals surface area contributed by atoms with Gasteiger partial charge in [-0.1, -0.05) is 29.8 Å². The number of methoxy groups -OCH3 is 1. The predicted molar refractivity (Wildman–Crippen MR) is 82.8 cm³/mol. The van der Waals surface area contributed by atoms with Gasteiger partial charge < -0.3 is 4.74 Å². The Balaban J connectivity index is 2.25. The molecule has 0 aliphatic heterocycles. The van der Waals surface area contributed by atoms with Crippen LogP contribution in [0, 0.1) is 13.8 Å². The molecule has 106 valence electrons. The van der Waals surface area contributed by atoms with Crippen LogP contribution in [0.2, 0.25) is 0 Å². The quantitative estimate of drug-likeness (QED) is 0.736. The van der Waals surface area contributed by atoms with Gasteiger partial charge in [0.15, 0.2) is 0 Å². The van der Waals surface area contributed by atoms with Gasteiger partial charge in [-0.3, -0.25) is 0 Å². The topological polar surface area (TPSA) is 39.9 Å². The van der Waals surface area contributed by atoms with Gasteiger partial charge >= 0.3 is 0 Å². The number of benzene rings is 1. The van der Waals surface area contributed by atoms with E-state index >= 15 is 0 Å². The zero-order chi connectivity index (χ0) is 14.8. The third-order valence-corrected chi connectivity index (χ3v) is 3.53. The first-order valence-electron chi connectivity index (χ1n) is 6.81. The van der Waals surface area contributed by atoms with Gasteiger partial charge in [0.2, 0.25) is 5.88 Å². The molecule has 0 spiro atoms. The van der Waals surface area contributed by atoms with E-state index < -0.39 is 0 Å². The van der Waals surface area contributed by atoms with Crippen molar-refractivity contribution < 1.29 is 4.74 Å². The second kappa shape index (κ2) is 5.40. The zero-order valence-electron chi connectivity index (χ0n) is 12.4. The minimum absolute atomic E-state index is 0.622. The number of rotatable bonds is 3. The first-order valence-corrected chi connectivity index (χ1v) is 6.81. The lowest BCUT2D eigenvalue weighted by Crippen LogP contribution is -2.04. The molecule has 0 aliphatic carbocycles. The first-order chi connectivity index (χ1) is 10.2. The molecule has 0 amide bonds. The Labute approximate surface area is 124 Å². The SMILES string of the molecule is COc1ncc(-c2ccc(C)cc2)c(-n2cccn2)c1C. The summed E-state index contributed by atoms with van der Waals surface area (Å²) in [6, 6.07) is 10.3. The Morgan fingerprint density at radius 3 is 2.48 bits per heavy atom. The van der Waals surface area contributed by atoms with Crippen molar-refractivity contribution in [1.29, 1.82) is 0 Å². The van der Waals surface area contributed by atoms with Gasteiger partial charge in [0.25, 0.3) is 0 Å². The fourth-order valence-electron chi connectivity index (χ4n) is 2.43. The highest BCUT2D eigenvalue weighted by atomic mass is 16.5. The number of hydrogen-bond donors (Lipinski definition) is 0. The molecular formula is C17H17N3O. The van der Waals surface area contributed by atoms with Crippen molar-refractivity contribution in [3.05, 3.63) is 60.0 Å². The van der Waals surface area contributed by atoms with Crippen LogP contribution in [0.25, 0.3) is 16.8 Å². The molecule has 21 heavy (non-hydrogen) atoms. The smallest absolute Gasteiger partial charge is 0.218 e. The van der Waals surface area contributed by atoms with E-state index in [1.807, 2.05) is 30.1 Å². The maximum atomic E-state index is 5.34. The molecule has 0 atom stereocenters. The van der Waals surface area contributed by atoms with Crippen LogP contribution in [0.15, 0.2) is 48.9 Å². The Kier molecular flexibility index (Phi) is 3.44. The summed E-state index contributed by atoms with van der Waals surface area (Å²) in [5.41, 5.74) is 5.36. The Bertz CT molecular complexity index is 746. The predicted octanol–water partition coefficient (Wildman–Crippen LogP) is 3.56. The summed E-state index contributed by atoms with van der Waals surface area (Å²) in [4.78, 5) is 4.40. The van der Waals surface area contributed by atoms with E-state index in [4.69, 9.17) is 4.74 Å². The molecule has 0 unspecified atom stereocenters. The van der Waals surface area contributed by atoms with E-state index in [2.05, 4.69) is 41.3 Å². The number of nitrogens with zero attached hydrogens (tertiary/aromatic N) is 3. The van der Waals surface area contributed by atoms with Crippen LogP contribution in [-0.4, -0.2) is 21.9 Å². The average molecular weight is 279 g/mol. The molecule has 0 saturated heterocycles. The van der Waals surface area contributed by atoms with E-state index in [0.29, 0.717) is 5.88 Å². The monoisotopic (exact) mass is 279 g/mol. The highest BCUT2D eigenvalue weighted by molar-refractivity contribution is 5.75. The maximum Gasteiger partial charge on any atom is 0.218 e. The highest BCUT2D eigenvalue weighted by Crippen LogP contribution is 2.32. The molecule has 0 bridgehead atoms. The molecule has 3 aromatic rings. The molecule has 2 aromatic heterocycles. The standard InChI is InChI=1S/C17H17N3O/c1-12-5-7-14(8-6-12)15-11-18-17(21-3)13(2)16(15)20-10-4-9-19-20/h4-11H,1-3H3.